The van der Waals surface area contributed by atoms with Crippen LogP contribution in [-0.2, 0) is 0 Å². The van der Waals surface area contributed by atoms with Crippen molar-refractivity contribution in [3.8, 4) is 5.88 Å². The highest BCUT2D eigenvalue weighted by Gasteiger charge is 2.07. The summed E-state index contributed by atoms with van der Waals surface area (Å²) in [5.41, 5.74) is 2.12. The maximum atomic E-state index is 11.5. The molecule has 0 bridgehead atoms. The van der Waals surface area contributed by atoms with E-state index >= 15 is 0 Å². The molecule has 0 fully saturated rings. The molecule has 0 aliphatic rings. The Morgan fingerprint density at radius 1 is 1.29 bits per heavy atom. The minimum absolute atomic E-state index is 0.377. The normalized spacial score (nSPS) is 9.88. The number of benzene rings is 1. The molecule has 2 rings (SSSR count). The first-order valence-electron chi connectivity index (χ1n) is 4.79. The SMILES string of the molecule is O=C(Nc1ccccc1)Nn1c(O)c[nH]c1=O. The number of nitrogens with one attached hydrogen (secondary N) is 3. The average Bonchev–Trinajstić information content (AvgIpc) is 2.62. The molecular formula is C10H10N4O3. The van der Waals surface area contributed by atoms with Crippen LogP contribution in [0.3, 0.4) is 0 Å². The van der Waals surface area contributed by atoms with Crippen LogP contribution in [0.15, 0.2) is 41.3 Å². The van der Waals surface area contributed by atoms with Gasteiger partial charge in [-0.15, -0.1) is 0 Å². The molecule has 2 aromatic rings. The van der Waals surface area contributed by atoms with Crippen LogP contribution in [0.4, 0.5) is 10.5 Å². The van der Waals surface area contributed by atoms with Crippen LogP contribution >= 0.6 is 0 Å². The minimum Gasteiger partial charge on any atom is -0.492 e. The fraction of sp³-hybridized carbons (Fsp3) is 0. The molecule has 0 radical (unpaired) electrons. The Morgan fingerprint density at radius 2 is 2.00 bits per heavy atom. The number of hydrogen-bond acceptors (Lipinski definition) is 3. The van der Waals surface area contributed by atoms with Gasteiger partial charge in [-0.1, -0.05) is 18.2 Å². The number of aromatic nitrogens is 2. The third-order valence-corrected chi connectivity index (χ3v) is 2.00. The third kappa shape index (κ3) is 2.46. The van der Waals surface area contributed by atoms with Crippen molar-refractivity contribution >= 4 is 11.7 Å². The van der Waals surface area contributed by atoms with Gasteiger partial charge in [0.1, 0.15) is 0 Å². The number of H-pyrrole nitrogens is 1. The van der Waals surface area contributed by atoms with Gasteiger partial charge in [0.2, 0.25) is 5.88 Å². The summed E-state index contributed by atoms with van der Waals surface area (Å²) in [5, 5.41) is 11.7. The molecule has 7 heteroatoms. The van der Waals surface area contributed by atoms with Gasteiger partial charge in [-0.3, -0.25) is 0 Å². The van der Waals surface area contributed by atoms with Crippen molar-refractivity contribution in [1.82, 2.24) is 9.66 Å². The van der Waals surface area contributed by atoms with Crippen molar-refractivity contribution in [3.05, 3.63) is 47.0 Å². The maximum absolute atomic E-state index is 11.5. The summed E-state index contributed by atoms with van der Waals surface area (Å²) < 4.78 is 0.693. The molecule has 0 spiro atoms. The zero-order valence-corrected chi connectivity index (χ0v) is 8.68. The van der Waals surface area contributed by atoms with Gasteiger partial charge in [-0.05, 0) is 12.1 Å². The van der Waals surface area contributed by atoms with Gasteiger partial charge in [-0.2, -0.15) is 4.68 Å². The predicted molar refractivity (Wildman–Crippen MR) is 61.5 cm³/mol. The number of urea groups is 1. The molecule has 88 valence electrons. The number of imidazole rings is 1. The molecule has 0 saturated heterocycles. The van der Waals surface area contributed by atoms with Gasteiger partial charge in [0.15, 0.2) is 0 Å². The van der Waals surface area contributed by atoms with E-state index in [1.54, 1.807) is 24.3 Å². The van der Waals surface area contributed by atoms with E-state index in [0.717, 1.165) is 6.20 Å². The van der Waals surface area contributed by atoms with Crippen molar-refractivity contribution in [1.29, 1.82) is 0 Å². The van der Waals surface area contributed by atoms with Crippen molar-refractivity contribution in [2.45, 2.75) is 0 Å². The number of para-hydroxylation sites is 1. The summed E-state index contributed by atoms with van der Waals surface area (Å²) in [7, 11) is 0. The number of rotatable bonds is 2. The summed E-state index contributed by atoms with van der Waals surface area (Å²) in [6.07, 6.45) is 1.07. The molecule has 1 aromatic carbocycles. The first-order chi connectivity index (χ1) is 8.16. The largest absolute Gasteiger partial charge is 0.492 e. The van der Waals surface area contributed by atoms with Gasteiger partial charge in [0.25, 0.3) is 0 Å². The van der Waals surface area contributed by atoms with Crippen molar-refractivity contribution in [2.24, 2.45) is 0 Å². The van der Waals surface area contributed by atoms with Crippen LogP contribution in [0.5, 0.6) is 5.88 Å². The summed E-state index contributed by atoms with van der Waals surface area (Å²) >= 11 is 0. The van der Waals surface area contributed by atoms with Crippen LogP contribution < -0.4 is 16.4 Å². The van der Waals surface area contributed by atoms with Crippen LogP contribution in [0, 0.1) is 0 Å². The Labute approximate surface area is 95.7 Å². The standard InChI is InChI=1S/C10H10N4O3/c15-8-6-11-10(17)14(8)13-9(16)12-7-4-2-1-3-5-7/h1-6,15H,(H,11,17)(H2,12,13,16). The van der Waals surface area contributed by atoms with Crippen LogP contribution in [0.1, 0.15) is 0 Å². The van der Waals surface area contributed by atoms with Crippen LogP contribution in [0.2, 0.25) is 0 Å². The van der Waals surface area contributed by atoms with E-state index < -0.39 is 11.7 Å². The van der Waals surface area contributed by atoms with Gasteiger partial charge in [0.05, 0.1) is 6.20 Å². The number of hydrogen-bond donors (Lipinski definition) is 4. The van der Waals surface area contributed by atoms with Crippen LogP contribution in [-0.4, -0.2) is 20.8 Å². The lowest BCUT2D eigenvalue weighted by Crippen LogP contribution is -2.34. The number of nitrogens with zero attached hydrogens (tertiary/aromatic N) is 1. The van der Waals surface area contributed by atoms with Gasteiger partial charge < -0.3 is 15.4 Å². The van der Waals surface area contributed by atoms with Crippen molar-refractivity contribution in [2.75, 3.05) is 10.7 Å². The van der Waals surface area contributed by atoms with E-state index in [1.807, 2.05) is 6.07 Å². The molecule has 2 amide bonds. The lowest BCUT2D eigenvalue weighted by atomic mass is 10.3. The Bertz CT molecular complexity index is 573. The number of carbonyl (C=O) groups is 1. The van der Waals surface area contributed by atoms with E-state index in [9.17, 15) is 14.7 Å². The minimum atomic E-state index is -0.634. The smallest absolute Gasteiger partial charge is 0.347 e. The predicted octanol–water partition coefficient (Wildman–Crippen LogP) is 0.658. The maximum Gasteiger partial charge on any atom is 0.347 e. The molecule has 1 aromatic heterocycles. The molecule has 0 aliphatic carbocycles. The van der Waals surface area contributed by atoms with E-state index in [0.29, 0.717) is 10.4 Å². The monoisotopic (exact) mass is 234 g/mol. The Hall–Kier alpha value is -2.70. The van der Waals surface area contributed by atoms with Crippen LogP contribution in [0.25, 0.3) is 0 Å². The zero-order chi connectivity index (χ0) is 12.3. The van der Waals surface area contributed by atoms with E-state index in [4.69, 9.17) is 0 Å². The lowest BCUT2D eigenvalue weighted by Gasteiger charge is -2.07. The quantitative estimate of drug-likeness (QED) is 0.614. The molecule has 4 N–H and O–H groups in total. The Balaban J connectivity index is 2.06. The fourth-order valence-electron chi connectivity index (χ4n) is 1.25. The highest BCUT2D eigenvalue weighted by molar-refractivity contribution is 5.94. The zero-order valence-electron chi connectivity index (χ0n) is 8.68. The second kappa shape index (κ2) is 4.44. The second-order valence-electron chi connectivity index (χ2n) is 3.22. The molecule has 1 heterocycles. The summed E-state index contributed by atoms with van der Waals surface area (Å²) in [6.45, 7) is 0. The number of aromatic hydroxyl groups is 1. The molecule has 0 unspecified atom stereocenters. The fourth-order valence-corrected chi connectivity index (χ4v) is 1.25. The molecule has 0 aliphatic heterocycles. The second-order valence-corrected chi connectivity index (χ2v) is 3.22. The number of carbonyl (C=O) groups excluding carboxylic acids is 1. The summed E-state index contributed by atoms with van der Waals surface area (Å²) in [5.74, 6) is -0.377. The first-order valence-corrected chi connectivity index (χ1v) is 4.79. The van der Waals surface area contributed by atoms with E-state index in [-0.39, 0.29) is 5.88 Å². The number of amides is 2. The van der Waals surface area contributed by atoms with Gasteiger partial charge in [-0.25, -0.2) is 15.0 Å². The number of aromatic amines is 1. The Morgan fingerprint density at radius 3 is 2.59 bits per heavy atom. The highest BCUT2D eigenvalue weighted by atomic mass is 16.3. The van der Waals surface area contributed by atoms with Gasteiger partial charge in [0, 0.05) is 5.69 Å². The van der Waals surface area contributed by atoms with Crippen molar-refractivity contribution < 1.29 is 9.90 Å². The Kier molecular flexibility index (Phi) is 2.82. The summed E-state index contributed by atoms with van der Waals surface area (Å²) in [6, 6.07) is 8.09. The average molecular weight is 234 g/mol. The van der Waals surface area contributed by atoms with Crippen molar-refractivity contribution in [3.63, 3.8) is 0 Å². The lowest BCUT2D eigenvalue weighted by molar-refractivity contribution is 0.259. The molecule has 17 heavy (non-hydrogen) atoms. The van der Waals surface area contributed by atoms with E-state index in [2.05, 4.69) is 15.7 Å². The van der Waals surface area contributed by atoms with Gasteiger partial charge >= 0.3 is 11.7 Å². The molecular weight excluding hydrogens is 224 g/mol. The molecule has 0 saturated carbocycles. The topological polar surface area (TPSA) is 99.2 Å². The molecule has 7 nitrogen and oxygen atoms in total. The number of anilines is 1. The third-order valence-electron chi connectivity index (χ3n) is 2.00. The summed E-state index contributed by atoms with van der Waals surface area (Å²) in [4.78, 5) is 24.8. The molecule has 0 atom stereocenters. The van der Waals surface area contributed by atoms with E-state index in [1.165, 1.54) is 0 Å². The first kappa shape index (κ1) is 10.8. The highest BCUT2D eigenvalue weighted by Crippen LogP contribution is 2.05.